The van der Waals surface area contributed by atoms with Gasteiger partial charge in [0.1, 0.15) is 0 Å². The number of likely N-dealkylation sites (tertiary alicyclic amines) is 1. The highest BCUT2D eigenvalue weighted by atomic mass is 15.1. The second-order valence-electron chi connectivity index (χ2n) is 5.49. The maximum absolute atomic E-state index is 4.06. The lowest BCUT2D eigenvalue weighted by Gasteiger charge is -2.35. The van der Waals surface area contributed by atoms with E-state index in [4.69, 9.17) is 0 Å². The summed E-state index contributed by atoms with van der Waals surface area (Å²) in [5, 5.41) is 10.7. The normalized spacial score (nSPS) is 23.2. The molecule has 0 amide bonds. The summed E-state index contributed by atoms with van der Waals surface area (Å²) in [7, 11) is 0. The van der Waals surface area contributed by atoms with Gasteiger partial charge in [0.2, 0.25) is 0 Å². The number of hydrogen-bond donors (Lipinski definition) is 2. The topological polar surface area (TPSA) is 44.0 Å². The zero-order valence-electron chi connectivity index (χ0n) is 11.9. The Hall–Kier alpha value is -0.870. The fourth-order valence-electron chi connectivity index (χ4n) is 2.78. The van der Waals surface area contributed by atoms with Gasteiger partial charge >= 0.3 is 0 Å². The molecule has 0 saturated carbocycles. The lowest BCUT2D eigenvalue weighted by molar-refractivity contribution is 0.157. The third-order valence-corrected chi connectivity index (χ3v) is 4.25. The second-order valence-corrected chi connectivity index (χ2v) is 5.49. The molecule has 1 fully saturated rings. The molecule has 1 aliphatic heterocycles. The van der Waals surface area contributed by atoms with Crippen LogP contribution in [-0.2, 0) is 6.54 Å². The molecule has 2 heterocycles. The Labute approximate surface area is 110 Å². The molecule has 2 atom stereocenters. The average molecular weight is 250 g/mol. The number of nitrogens with one attached hydrogen (secondary N) is 2. The van der Waals surface area contributed by atoms with Crippen molar-refractivity contribution in [2.24, 2.45) is 5.92 Å². The summed E-state index contributed by atoms with van der Waals surface area (Å²) in [4.78, 5) is 2.56. The lowest BCUT2D eigenvalue weighted by Crippen LogP contribution is -2.44. The van der Waals surface area contributed by atoms with Crippen LogP contribution in [0.15, 0.2) is 6.20 Å². The minimum Gasteiger partial charge on any atom is -0.310 e. The van der Waals surface area contributed by atoms with Crippen molar-refractivity contribution in [3.8, 4) is 0 Å². The molecule has 0 spiro atoms. The first-order valence-corrected chi connectivity index (χ1v) is 7.15. The maximum atomic E-state index is 4.06. The summed E-state index contributed by atoms with van der Waals surface area (Å²) < 4.78 is 0. The fraction of sp³-hybridized carbons (Fsp3) is 0.786. The molecule has 0 radical (unpaired) electrons. The standard InChI is InChI=1S/C14H26N4/c1-4-18-7-5-6-13(10-18)11(2)15-8-14-9-16-17-12(14)3/h9,11,13,15H,4-8,10H2,1-3H3,(H,16,17). The molecule has 0 bridgehead atoms. The van der Waals surface area contributed by atoms with Crippen molar-refractivity contribution in [1.29, 1.82) is 0 Å². The van der Waals surface area contributed by atoms with Crippen LogP contribution in [0.3, 0.4) is 0 Å². The summed E-state index contributed by atoms with van der Waals surface area (Å²) >= 11 is 0. The van der Waals surface area contributed by atoms with Crippen molar-refractivity contribution < 1.29 is 0 Å². The molecule has 1 aromatic heterocycles. The highest BCUT2D eigenvalue weighted by molar-refractivity contribution is 5.13. The van der Waals surface area contributed by atoms with Crippen molar-refractivity contribution in [2.75, 3.05) is 19.6 Å². The smallest absolute Gasteiger partial charge is 0.0535 e. The number of H-pyrrole nitrogens is 1. The molecule has 0 aromatic carbocycles. The first-order chi connectivity index (χ1) is 8.70. The van der Waals surface area contributed by atoms with E-state index in [9.17, 15) is 0 Å². The predicted molar refractivity (Wildman–Crippen MR) is 74.5 cm³/mol. The minimum absolute atomic E-state index is 0.577. The molecule has 2 rings (SSSR count). The first-order valence-electron chi connectivity index (χ1n) is 7.15. The first kappa shape index (κ1) is 13.6. The number of aromatic nitrogens is 2. The van der Waals surface area contributed by atoms with E-state index < -0.39 is 0 Å². The van der Waals surface area contributed by atoms with Crippen LogP contribution in [0.1, 0.15) is 37.9 Å². The van der Waals surface area contributed by atoms with E-state index in [-0.39, 0.29) is 0 Å². The monoisotopic (exact) mass is 250 g/mol. The molecule has 1 aromatic rings. The van der Waals surface area contributed by atoms with Crippen LogP contribution >= 0.6 is 0 Å². The molecule has 2 N–H and O–H groups in total. The zero-order chi connectivity index (χ0) is 13.0. The molecule has 4 heteroatoms. The summed E-state index contributed by atoms with van der Waals surface area (Å²) in [6, 6.07) is 0.577. The van der Waals surface area contributed by atoms with Crippen LogP contribution in [0.5, 0.6) is 0 Å². The van der Waals surface area contributed by atoms with E-state index >= 15 is 0 Å². The SMILES string of the molecule is CCN1CCCC(C(C)NCc2cn[nH]c2C)C1. The van der Waals surface area contributed by atoms with Gasteiger partial charge in [0.25, 0.3) is 0 Å². The summed E-state index contributed by atoms with van der Waals surface area (Å²) in [5.74, 6) is 0.783. The number of rotatable bonds is 5. The Bertz CT molecular complexity index is 360. The molecular weight excluding hydrogens is 224 g/mol. The Morgan fingerprint density at radius 2 is 2.44 bits per heavy atom. The predicted octanol–water partition coefficient (Wildman–Crippen LogP) is 1.93. The average Bonchev–Trinajstić information content (AvgIpc) is 2.81. The van der Waals surface area contributed by atoms with Gasteiger partial charge in [-0.3, -0.25) is 5.10 Å². The van der Waals surface area contributed by atoms with Gasteiger partial charge in [0.15, 0.2) is 0 Å². The molecule has 1 aliphatic rings. The van der Waals surface area contributed by atoms with Gasteiger partial charge in [-0.15, -0.1) is 0 Å². The molecule has 0 aliphatic carbocycles. The number of hydrogen-bond acceptors (Lipinski definition) is 3. The van der Waals surface area contributed by atoms with Gasteiger partial charge in [-0.1, -0.05) is 6.92 Å². The molecule has 2 unspecified atom stereocenters. The van der Waals surface area contributed by atoms with Gasteiger partial charge < -0.3 is 10.2 Å². The third-order valence-electron chi connectivity index (χ3n) is 4.25. The highest BCUT2D eigenvalue weighted by Crippen LogP contribution is 2.19. The van der Waals surface area contributed by atoms with Gasteiger partial charge in [-0.25, -0.2) is 0 Å². The van der Waals surface area contributed by atoms with Crippen LogP contribution in [-0.4, -0.2) is 40.8 Å². The van der Waals surface area contributed by atoms with Crippen LogP contribution in [0.25, 0.3) is 0 Å². The molecule has 4 nitrogen and oxygen atoms in total. The van der Waals surface area contributed by atoms with Crippen molar-refractivity contribution in [3.63, 3.8) is 0 Å². The molecule has 1 saturated heterocycles. The zero-order valence-corrected chi connectivity index (χ0v) is 11.9. The van der Waals surface area contributed by atoms with Crippen LogP contribution in [0, 0.1) is 12.8 Å². The number of aromatic amines is 1. The van der Waals surface area contributed by atoms with Crippen molar-refractivity contribution >= 4 is 0 Å². The van der Waals surface area contributed by atoms with Crippen molar-refractivity contribution in [1.82, 2.24) is 20.4 Å². The number of aryl methyl sites for hydroxylation is 1. The Balaban J connectivity index is 1.80. The van der Waals surface area contributed by atoms with Crippen LogP contribution in [0.4, 0.5) is 0 Å². The van der Waals surface area contributed by atoms with Crippen LogP contribution in [0.2, 0.25) is 0 Å². The van der Waals surface area contributed by atoms with E-state index in [0.29, 0.717) is 6.04 Å². The Kier molecular flexibility index (Phi) is 4.78. The van der Waals surface area contributed by atoms with Gasteiger partial charge in [-0.05, 0) is 45.7 Å². The van der Waals surface area contributed by atoms with E-state index in [0.717, 1.165) is 12.5 Å². The quantitative estimate of drug-likeness (QED) is 0.839. The Morgan fingerprint density at radius 1 is 1.61 bits per heavy atom. The second kappa shape index (κ2) is 6.34. The molecular formula is C14H26N4. The van der Waals surface area contributed by atoms with Gasteiger partial charge in [-0.2, -0.15) is 5.10 Å². The van der Waals surface area contributed by atoms with E-state index in [2.05, 4.69) is 41.2 Å². The maximum Gasteiger partial charge on any atom is 0.0535 e. The lowest BCUT2D eigenvalue weighted by atomic mass is 9.91. The molecule has 18 heavy (non-hydrogen) atoms. The van der Waals surface area contributed by atoms with Gasteiger partial charge in [0.05, 0.1) is 6.20 Å². The Morgan fingerprint density at radius 3 is 3.11 bits per heavy atom. The van der Waals surface area contributed by atoms with Crippen molar-refractivity contribution in [3.05, 3.63) is 17.5 Å². The fourth-order valence-corrected chi connectivity index (χ4v) is 2.78. The van der Waals surface area contributed by atoms with Gasteiger partial charge in [0, 0.05) is 30.4 Å². The van der Waals surface area contributed by atoms with E-state index in [1.165, 1.54) is 43.7 Å². The highest BCUT2D eigenvalue weighted by Gasteiger charge is 2.23. The summed E-state index contributed by atoms with van der Waals surface area (Å²) in [6.07, 6.45) is 4.62. The summed E-state index contributed by atoms with van der Waals surface area (Å²) in [5.41, 5.74) is 2.46. The number of nitrogens with zero attached hydrogens (tertiary/aromatic N) is 2. The van der Waals surface area contributed by atoms with Crippen LogP contribution < -0.4 is 5.32 Å². The van der Waals surface area contributed by atoms with E-state index in [1.54, 1.807) is 0 Å². The van der Waals surface area contributed by atoms with E-state index in [1.807, 2.05) is 6.20 Å². The van der Waals surface area contributed by atoms with Crippen molar-refractivity contribution in [2.45, 2.75) is 46.2 Å². The summed E-state index contributed by atoms with van der Waals surface area (Å²) in [6.45, 7) is 11.3. The largest absolute Gasteiger partial charge is 0.310 e. The third kappa shape index (κ3) is 3.33. The molecule has 102 valence electrons. The minimum atomic E-state index is 0.577. The number of piperidine rings is 1.